The van der Waals surface area contributed by atoms with E-state index in [9.17, 15) is 9.90 Å². The number of carbonyl (C=O) groups is 1. The number of anilines is 2. The zero-order valence-electron chi connectivity index (χ0n) is 14.3. The van der Waals surface area contributed by atoms with Crippen LogP contribution in [0.3, 0.4) is 0 Å². The normalized spacial score (nSPS) is 10.5. The molecule has 0 radical (unpaired) electrons. The van der Waals surface area contributed by atoms with Crippen LogP contribution in [0.15, 0.2) is 85.1 Å². The Morgan fingerprint density at radius 2 is 1.56 bits per heavy atom. The fraction of sp³-hybridized carbons (Fsp3) is 0. The zero-order chi connectivity index (χ0) is 18.6. The van der Waals surface area contributed by atoms with Crippen molar-refractivity contribution in [3.8, 4) is 21.0 Å². The van der Waals surface area contributed by atoms with Gasteiger partial charge >= 0.3 is 5.97 Å². The Morgan fingerprint density at radius 3 is 2.30 bits per heavy atom. The number of carboxylic acid groups (broad SMARTS) is 1. The summed E-state index contributed by atoms with van der Waals surface area (Å²) in [6, 6.07) is 24.9. The van der Waals surface area contributed by atoms with Crippen LogP contribution >= 0.6 is 11.3 Å². The number of carboxylic acids is 1. The molecule has 4 aromatic rings. The minimum absolute atomic E-state index is 0.247. The number of hydrogen-bond acceptors (Lipinski definition) is 4. The molecule has 0 bridgehead atoms. The van der Waals surface area contributed by atoms with E-state index < -0.39 is 5.97 Å². The first kappa shape index (κ1) is 17.0. The first-order chi connectivity index (χ1) is 13.2. The molecule has 0 saturated heterocycles. The molecule has 2 N–H and O–H groups in total. The second-order valence-corrected chi connectivity index (χ2v) is 6.98. The second-order valence-electron chi connectivity index (χ2n) is 5.95. The molecule has 0 saturated carbocycles. The summed E-state index contributed by atoms with van der Waals surface area (Å²) < 4.78 is 0. The maximum atomic E-state index is 11.3. The van der Waals surface area contributed by atoms with Gasteiger partial charge < -0.3 is 10.4 Å². The summed E-state index contributed by atoms with van der Waals surface area (Å²) in [4.78, 5) is 16.9. The summed E-state index contributed by atoms with van der Waals surface area (Å²) in [5.41, 5.74) is 3.84. The minimum Gasteiger partial charge on any atom is -0.478 e. The lowest BCUT2D eigenvalue weighted by atomic mass is 10.1. The zero-order valence-corrected chi connectivity index (χ0v) is 15.1. The van der Waals surface area contributed by atoms with Gasteiger partial charge in [0.1, 0.15) is 5.01 Å². The van der Waals surface area contributed by atoms with Gasteiger partial charge in [-0.25, -0.2) is 9.78 Å². The van der Waals surface area contributed by atoms with E-state index >= 15 is 0 Å². The largest absolute Gasteiger partial charge is 0.478 e. The van der Waals surface area contributed by atoms with Crippen LogP contribution in [0, 0.1) is 0 Å². The van der Waals surface area contributed by atoms with Gasteiger partial charge in [-0.05, 0) is 29.8 Å². The standard InChI is InChI=1S/C22H16N2O2S/c25-22(26)18-8-4-5-9-19(18)24-17-12-10-15(11-13-17)20-14-23-21(27-20)16-6-2-1-3-7-16/h1-14,24H,(H,25,26). The molecule has 0 aliphatic heterocycles. The van der Waals surface area contributed by atoms with E-state index in [1.807, 2.05) is 54.7 Å². The van der Waals surface area contributed by atoms with Crippen molar-refractivity contribution >= 4 is 28.7 Å². The van der Waals surface area contributed by atoms with Gasteiger partial charge in [-0.2, -0.15) is 0 Å². The average Bonchev–Trinajstić information content (AvgIpc) is 3.20. The summed E-state index contributed by atoms with van der Waals surface area (Å²) in [7, 11) is 0. The minimum atomic E-state index is -0.951. The van der Waals surface area contributed by atoms with Gasteiger partial charge in [0.2, 0.25) is 0 Å². The molecule has 4 rings (SSSR count). The Balaban J connectivity index is 1.55. The third kappa shape index (κ3) is 3.73. The Labute approximate surface area is 160 Å². The fourth-order valence-electron chi connectivity index (χ4n) is 2.77. The van der Waals surface area contributed by atoms with Crippen LogP contribution in [-0.2, 0) is 0 Å². The predicted octanol–water partition coefficient (Wildman–Crippen LogP) is 5.92. The quantitative estimate of drug-likeness (QED) is 0.456. The number of aromatic nitrogens is 1. The summed E-state index contributed by atoms with van der Waals surface area (Å²) >= 11 is 1.65. The van der Waals surface area contributed by atoms with Crippen LogP contribution < -0.4 is 5.32 Å². The molecule has 1 heterocycles. The number of nitrogens with one attached hydrogen (secondary N) is 1. The monoisotopic (exact) mass is 372 g/mol. The molecule has 0 amide bonds. The highest BCUT2D eigenvalue weighted by Gasteiger charge is 2.10. The van der Waals surface area contributed by atoms with Crippen molar-refractivity contribution in [3.05, 3.63) is 90.6 Å². The number of aromatic carboxylic acids is 1. The maximum absolute atomic E-state index is 11.3. The molecule has 132 valence electrons. The smallest absolute Gasteiger partial charge is 0.337 e. The molecule has 0 fully saturated rings. The van der Waals surface area contributed by atoms with E-state index in [2.05, 4.69) is 22.4 Å². The lowest BCUT2D eigenvalue weighted by Crippen LogP contribution is -2.02. The third-order valence-corrected chi connectivity index (χ3v) is 5.23. The van der Waals surface area contributed by atoms with Crippen LogP contribution in [0.1, 0.15) is 10.4 Å². The lowest BCUT2D eigenvalue weighted by Gasteiger charge is -2.09. The van der Waals surface area contributed by atoms with Gasteiger partial charge in [0.15, 0.2) is 0 Å². The van der Waals surface area contributed by atoms with Crippen LogP contribution in [0.5, 0.6) is 0 Å². The molecule has 0 unspecified atom stereocenters. The molecule has 4 nitrogen and oxygen atoms in total. The molecule has 0 aliphatic rings. The fourth-order valence-corrected chi connectivity index (χ4v) is 3.70. The van der Waals surface area contributed by atoms with Crippen molar-refractivity contribution in [2.45, 2.75) is 0 Å². The number of benzene rings is 3. The third-order valence-electron chi connectivity index (χ3n) is 4.13. The Hall–Kier alpha value is -3.44. The summed E-state index contributed by atoms with van der Waals surface area (Å²) in [5.74, 6) is -0.951. The highest BCUT2D eigenvalue weighted by molar-refractivity contribution is 7.18. The molecule has 3 aromatic carbocycles. The highest BCUT2D eigenvalue weighted by atomic mass is 32.1. The predicted molar refractivity (Wildman–Crippen MR) is 110 cm³/mol. The lowest BCUT2D eigenvalue weighted by molar-refractivity contribution is 0.0698. The van der Waals surface area contributed by atoms with E-state index in [1.54, 1.807) is 29.5 Å². The van der Waals surface area contributed by atoms with Crippen LogP contribution in [-0.4, -0.2) is 16.1 Å². The molecule has 1 aromatic heterocycles. The number of thiazole rings is 1. The van der Waals surface area contributed by atoms with Crippen molar-refractivity contribution in [1.82, 2.24) is 4.98 Å². The van der Waals surface area contributed by atoms with Crippen molar-refractivity contribution in [2.75, 3.05) is 5.32 Å². The Kier molecular flexibility index (Phi) is 4.68. The molecule has 27 heavy (non-hydrogen) atoms. The number of rotatable bonds is 5. The summed E-state index contributed by atoms with van der Waals surface area (Å²) in [6.45, 7) is 0. The Morgan fingerprint density at radius 1 is 0.852 bits per heavy atom. The summed E-state index contributed by atoms with van der Waals surface area (Å²) in [6.07, 6.45) is 1.88. The topological polar surface area (TPSA) is 62.2 Å². The number of hydrogen-bond donors (Lipinski definition) is 2. The van der Waals surface area contributed by atoms with Crippen molar-refractivity contribution in [3.63, 3.8) is 0 Å². The van der Waals surface area contributed by atoms with Gasteiger partial charge in [-0.1, -0.05) is 54.6 Å². The average molecular weight is 372 g/mol. The van der Waals surface area contributed by atoms with E-state index in [1.165, 1.54) is 0 Å². The van der Waals surface area contributed by atoms with E-state index in [0.29, 0.717) is 5.69 Å². The molecular weight excluding hydrogens is 356 g/mol. The van der Waals surface area contributed by atoms with E-state index in [-0.39, 0.29) is 5.56 Å². The summed E-state index contributed by atoms with van der Waals surface area (Å²) in [5, 5.41) is 13.4. The SMILES string of the molecule is O=C(O)c1ccccc1Nc1ccc(-c2cnc(-c3ccccc3)s2)cc1. The van der Waals surface area contributed by atoms with Gasteiger partial charge in [0, 0.05) is 17.4 Å². The van der Waals surface area contributed by atoms with Crippen LogP contribution in [0.4, 0.5) is 11.4 Å². The number of nitrogens with zero attached hydrogens (tertiary/aromatic N) is 1. The van der Waals surface area contributed by atoms with Gasteiger partial charge in [0.25, 0.3) is 0 Å². The number of para-hydroxylation sites is 1. The molecule has 5 heteroatoms. The van der Waals surface area contributed by atoms with E-state index in [0.717, 1.165) is 26.7 Å². The van der Waals surface area contributed by atoms with Crippen LogP contribution in [0.25, 0.3) is 21.0 Å². The molecular formula is C22H16N2O2S. The highest BCUT2D eigenvalue weighted by Crippen LogP contribution is 2.33. The molecule has 0 atom stereocenters. The van der Waals surface area contributed by atoms with Crippen molar-refractivity contribution < 1.29 is 9.90 Å². The van der Waals surface area contributed by atoms with Crippen LogP contribution in [0.2, 0.25) is 0 Å². The van der Waals surface area contributed by atoms with Gasteiger partial charge in [-0.15, -0.1) is 11.3 Å². The molecule has 0 aliphatic carbocycles. The first-order valence-electron chi connectivity index (χ1n) is 8.42. The van der Waals surface area contributed by atoms with Crippen molar-refractivity contribution in [2.24, 2.45) is 0 Å². The van der Waals surface area contributed by atoms with Crippen molar-refractivity contribution in [1.29, 1.82) is 0 Å². The second kappa shape index (κ2) is 7.43. The first-order valence-corrected chi connectivity index (χ1v) is 9.23. The maximum Gasteiger partial charge on any atom is 0.337 e. The van der Waals surface area contributed by atoms with Gasteiger partial charge in [0.05, 0.1) is 16.1 Å². The molecule has 0 spiro atoms. The van der Waals surface area contributed by atoms with Gasteiger partial charge in [-0.3, -0.25) is 0 Å². The Bertz CT molecular complexity index is 1070. The van der Waals surface area contributed by atoms with E-state index in [4.69, 9.17) is 0 Å².